The maximum absolute atomic E-state index is 13.0. The van der Waals surface area contributed by atoms with Gasteiger partial charge in [0.1, 0.15) is 5.75 Å². The van der Waals surface area contributed by atoms with Crippen LogP contribution in [0.2, 0.25) is 0 Å². The number of nitrogens with zero attached hydrogens (tertiary/aromatic N) is 1. The Balaban J connectivity index is 2.00. The molecular weight excluding hydrogens is 395 g/mol. The lowest BCUT2D eigenvalue weighted by atomic mass is 10.1. The second-order valence-electron chi connectivity index (χ2n) is 5.63. The first-order valence-electron chi connectivity index (χ1n) is 8.10. The monoisotopic (exact) mass is 409 g/mol. The van der Waals surface area contributed by atoms with Crippen molar-refractivity contribution >= 4 is 34.8 Å². The Morgan fingerprint density at radius 2 is 1.71 bits per heavy atom. The largest absolute Gasteiger partial charge is 0.573 e. The molecule has 0 bridgehead atoms. The zero-order valence-electron chi connectivity index (χ0n) is 14.3. The SMILES string of the molecule is O=C1C(SCCO)=C(c2ccccc2)C(=O)N1c1cccc(OC(F)(F)F)c1. The molecule has 28 heavy (non-hydrogen) atoms. The summed E-state index contributed by atoms with van der Waals surface area (Å²) in [5.41, 5.74) is 0.613. The van der Waals surface area contributed by atoms with Crippen molar-refractivity contribution in [3.8, 4) is 5.75 Å². The molecule has 9 heteroatoms. The summed E-state index contributed by atoms with van der Waals surface area (Å²) >= 11 is 1.02. The van der Waals surface area contributed by atoms with Gasteiger partial charge >= 0.3 is 6.36 Å². The summed E-state index contributed by atoms with van der Waals surface area (Å²) in [4.78, 5) is 26.8. The molecule has 2 amide bonds. The molecule has 0 saturated heterocycles. The molecule has 1 N–H and O–H groups in total. The van der Waals surface area contributed by atoms with Crippen molar-refractivity contribution in [1.82, 2.24) is 0 Å². The van der Waals surface area contributed by atoms with Gasteiger partial charge in [-0.15, -0.1) is 24.9 Å². The van der Waals surface area contributed by atoms with Crippen LogP contribution in [-0.4, -0.2) is 35.6 Å². The molecule has 0 aromatic heterocycles. The van der Waals surface area contributed by atoms with Crippen molar-refractivity contribution in [2.75, 3.05) is 17.3 Å². The van der Waals surface area contributed by atoms with E-state index in [0.717, 1.165) is 28.8 Å². The zero-order chi connectivity index (χ0) is 20.3. The van der Waals surface area contributed by atoms with Crippen LogP contribution in [0.15, 0.2) is 59.5 Å². The quantitative estimate of drug-likeness (QED) is 0.739. The number of aliphatic hydroxyl groups is 1. The van der Waals surface area contributed by atoms with Crippen LogP contribution in [-0.2, 0) is 9.59 Å². The topological polar surface area (TPSA) is 66.8 Å². The Morgan fingerprint density at radius 3 is 2.36 bits per heavy atom. The van der Waals surface area contributed by atoms with Gasteiger partial charge in [0.2, 0.25) is 0 Å². The maximum Gasteiger partial charge on any atom is 0.573 e. The number of ether oxygens (including phenoxy) is 1. The van der Waals surface area contributed by atoms with Gasteiger partial charge in [0.05, 0.1) is 22.8 Å². The molecule has 0 unspecified atom stereocenters. The normalized spacial score (nSPS) is 14.8. The van der Waals surface area contributed by atoms with Gasteiger partial charge in [0, 0.05) is 11.8 Å². The highest BCUT2D eigenvalue weighted by Gasteiger charge is 2.40. The lowest BCUT2D eigenvalue weighted by Gasteiger charge is -2.17. The van der Waals surface area contributed by atoms with E-state index in [1.807, 2.05) is 0 Å². The van der Waals surface area contributed by atoms with E-state index in [2.05, 4.69) is 4.74 Å². The highest BCUT2D eigenvalue weighted by molar-refractivity contribution is 8.04. The molecular formula is C19H14F3NO4S. The van der Waals surface area contributed by atoms with Crippen LogP contribution in [0.5, 0.6) is 5.75 Å². The third kappa shape index (κ3) is 4.20. The number of anilines is 1. The fraction of sp³-hybridized carbons (Fsp3) is 0.158. The van der Waals surface area contributed by atoms with Crippen molar-refractivity contribution < 1.29 is 32.6 Å². The van der Waals surface area contributed by atoms with Gasteiger partial charge in [-0.3, -0.25) is 9.59 Å². The molecule has 146 valence electrons. The minimum atomic E-state index is -4.90. The number of amides is 2. The molecule has 1 heterocycles. The van der Waals surface area contributed by atoms with Crippen LogP contribution in [0.3, 0.4) is 0 Å². The second kappa shape index (κ2) is 8.07. The third-order valence-electron chi connectivity index (χ3n) is 3.75. The van der Waals surface area contributed by atoms with Crippen LogP contribution in [0.1, 0.15) is 5.56 Å². The fourth-order valence-electron chi connectivity index (χ4n) is 2.70. The number of carbonyl (C=O) groups excluding carboxylic acids is 2. The van der Waals surface area contributed by atoms with Crippen molar-refractivity contribution in [3.63, 3.8) is 0 Å². The van der Waals surface area contributed by atoms with Gasteiger partial charge in [-0.2, -0.15) is 0 Å². The maximum atomic E-state index is 13.0. The van der Waals surface area contributed by atoms with Gasteiger partial charge in [-0.05, 0) is 17.7 Å². The van der Waals surface area contributed by atoms with Crippen LogP contribution in [0.4, 0.5) is 18.9 Å². The van der Waals surface area contributed by atoms with Gasteiger partial charge < -0.3 is 9.84 Å². The molecule has 0 atom stereocenters. The number of carbonyl (C=O) groups is 2. The number of imide groups is 1. The van der Waals surface area contributed by atoms with Crippen molar-refractivity contribution in [2.45, 2.75) is 6.36 Å². The van der Waals surface area contributed by atoms with Crippen molar-refractivity contribution in [2.24, 2.45) is 0 Å². The predicted octanol–water partition coefficient (Wildman–Crippen LogP) is 3.60. The minimum absolute atomic E-state index is 0.0372. The standard InChI is InChI=1S/C19H14F3NO4S/c20-19(21,22)27-14-8-4-7-13(11-14)23-17(25)15(12-5-2-1-3-6-12)16(18(23)26)28-10-9-24/h1-8,11,24H,9-10H2. The summed E-state index contributed by atoms with van der Waals surface area (Å²) in [6, 6.07) is 13.1. The van der Waals surface area contributed by atoms with E-state index in [4.69, 9.17) is 5.11 Å². The van der Waals surface area contributed by atoms with E-state index in [1.165, 1.54) is 12.1 Å². The van der Waals surface area contributed by atoms with Gasteiger partial charge in [0.15, 0.2) is 0 Å². The lowest BCUT2D eigenvalue weighted by molar-refractivity contribution is -0.274. The van der Waals surface area contributed by atoms with Crippen LogP contribution in [0, 0.1) is 0 Å². The zero-order valence-corrected chi connectivity index (χ0v) is 15.1. The Kier molecular flexibility index (Phi) is 5.76. The van der Waals surface area contributed by atoms with E-state index >= 15 is 0 Å². The summed E-state index contributed by atoms with van der Waals surface area (Å²) in [5.74, 6) is -1.66. The molecule has 1 aliphatic rings. The molecule has 5 nitrogen and oxygen atoms in total. The van der Waals surface area contributed by atoms with E-state index in [0.29, 0.717) is 5.56 Å². The molecule has 0 saturated carbocycles. The summed E-state index contributed by atoms with van der Waals surface area (Å²) < 4.78 is 41.3. The Morgan fingerprint density at radius 1 is 1.00 bits per heavy atom. The van der Waals surface area contributed by atoms with E-state index < -0.39 is 23.9 Å². The average Bonchev–Trinajstić information content (AvgIpc) is 2.89. The Labute approximate surface area is 162 Å². The summed E-state index contributed by atoms with van der Waals surface area (Å²) in [7, 11) is 0. The van der Waals surface area contributed by atoms with Crippen LogP contribution < -0.4 is 9.64 Å². The fourth-order valence-corrected chi connectivity index (χ4v) is 3.56. The second-order valence-corrected chi connectivity index (χ2v) is 6.74. The number of rotatable bonds is 6. The Hall–Kier alpha value is -2.78. The molecule has 2 aromatic carbocycles. The summed E-state index contributed by atoms with van der Waals surface area (Å²) in [6.07, 6.45) is -4.90. The highest BCUT2D eigenvalue weighted by atomic mass is 32.2. The van der Waals surface area contributed by atoms with E-state index in [-0.39, 0.29) is 28.5 Å². The number of benzene rings is 2. The first-order valence-corrected chi connectivity index (χ1v) is 9.08. The minimum Gasteiger partial charge on any atom is -0.406 e. The average molecular weight is 409 g/mol. The van der Waals surface area contributed by atoms with Gasteiger partial charge in [-0.1, -0.05) is 36.4 Å². The number of alkyl halides is 3. The van der Waals surface area contributed by atoms with E-state index in [1.54, 1.807) is 30.3 Å². The van der Waals surface area contributed by atoms with Crippen molar-refractivity contribution in [1.29, 1.82) is 0 Å². The lowest BCUT2D eigenvalue weighted by Crippen LogP contribution is -2.31. The van der Waals surface area contributed by atoms with Crippen LogP contribution in [0.25, 0.3) is 5.57 Å². The molecule has 0 radical (unpaired) electrons. The van der Waals surface area contributed by atoms with Crippen molar-refractivity contribution in [3.05, 3.63) is 65.1 Å². The number of thioether (sulfide) groups is 1. The highest BCUT2D eigenvalue weighted by Crippen LogP contribution is 2.39. The Bertz CT molecular complexity index is 928. The van der Waals surface area contributed by atoms with Crippen LogP contribution >= 0.6 is 11.8 Å². The first-order chi connectivity index (χ1) is 13.3. The third-order valence-corrected chi connectivity index (χ3v) is 4.81. The van der Waals surface area contributed by atoms with Gasteiger partial charge in [0.25, 0.3) is 11.8 Å². The molecule has 3 rings (SSSR count). The van der Waals surface area contributed by atoms with E-state index in [9.17, 15) is 22.8 Å². The first kappa shape index (κ1) is 20.0. The predicted molar refractivity (Wildman–Crippen MR) is 98.5 cm³/mol. The number of aliphatic hydroxyl groups excluding tert-OH is 1. The molecule has 1 aliphatic heterocycles. The summed E-state index contributed by atoms with van der Waals surface area (Å²) in [5, 5.41) is 9.09. The number of hydrogen-bond acceptors (Lipinski definition) is 5. The molecule has 0 aliphatic carbocycles. The molecule has 2 aromatic rings. The van der Waals surface area contributed by atoms with Gasteiger partial charge in [-0.25, -0.2) is 4.90 Å². The molecule has 0 spiro atoms. The smallest absolute Gasteiger partial charge is 0.406 e. The number of halogens is 3. The molecule has 0 fully saturated rings. The number of hydrogen-bond donors (Lipinski definition) is 1. The summed E-state index contributed by atoms with van der Waals surface area (Å²) in [6.45, 7) is -0.202.